The average molecular weight is 187 g/mol. The lowest BCUT2D eigenvalue weighted by molar-refractivity contribution is 0.276. The molecule has 2 heteroatoms. The Morgan fingerprint density at radius 2 is 1.92 bits per heavy atom. The summed E-state index contributed by atoms with van der Waals surface area (Å²) in [6, 6.07) is 0. The van der Waals surface area contributed by atoms with Crippen molar-refractivity contribution in [2.24, 2.45) is 5.73 Å². The minimum Gasteiger partial charge on any atom is -0.325 e. The monoisotopic (exact) mass is 187 g/mol. The molecule has 0 aromatic heterocycles. The Labute approximate surface area is 80.5 Å². The SMILES string of the molecule is CSCCCC1(N)CCCCC1. The minimum atomic E-state index is 0.216. The fourth-order valence-electron chi connectivity index (χ4n) is 2.07. The molecule has 0 aliphatic heterocycles. The van der Waals surface area contributed by atoms with Gasteiger partial charge >= 0.3 is 0 Å². The molecular weight excluding hydrogens is 166 g/mol. The Balaban J connectivity index is 2.17. The van der Waals surface area contributed by atoms with E-state index < -0.39 is 0 Å². The van der Waals surface area contributed by atoms with Crippen molar-refractivity contribution in [2.75, 3.05) is 12.0 Å². The first-order valence-corrected chi connectivity index (χ1v) is 6.44. The first-order chi connectivity index (χ1) is 5.77. The van der Waals surface area contributed by atoms with E-state index in [-0.39, 0.29) is 5.54 Å². The summed E-state index contributed by atoms with van der Waals surface area (Å²) in [5.41, 5.74) is 6.51. The molecule has 12 heavy (non-hydrogen) atoms. The molecular formula is C10H21NS. The third-order valence-corrected chi connectivity index (χ3v) is 3.57. The molecule has 0 amide bonds. The van der Waals surface area contributed by atoms with Crippen LogP contribution in [0.15, 0.2) is 0 Å². The largest absolute Gasteiger partial charge is 0.325 e. The first-order valence-electron chi connectivity index (χ1n) is 5.05. The quantitative estimate of drug-likeness (QED) is 0.685. The van der Waals surface area contributed by atoms with Crippen LogP contribution in [-0.2, 0) is 0 Å². The fourth-order valence-corrected chi connectivity index (χ4v) is 2.51. The lowest BCUT2D eigenvalue weighted by Gasteiger charge is -2.33. The third kappa shape index (κ3) is 3.36. The minimum absolute atomic E-state index is 0.216. The molecule has 1 saturated carbocycles. The predicted molar refractivity (Wildman–Crippen MR) is 57.6 cm³/mol. The summed E-state index contributed by atoms with van der Waals surface area (Å²) in [5.74, 6) is 1.28. The highest BCUT2D eigenvalue weighted by Crippen LogP contribution is 2.29. The van der Waals surface area contributed by atoms with Gasteiger partial charge in [0.05, 0.1) is 0 Å². The van der Waals surface area contributed by atoms with E-state index in [2.05, 4.69) is 6.26 Å². The Morgan fingerprint density at radius 1 is 1.25 bits per heavy atom. The standard InChI is InChI=1S/C10H21NS/c1-12-9-5-8-10(11)6-3-2-4-7-10/h2-9,11H2,1H3. The van der Waals surface area contributed by atoms with Gasteiger partial charge < -0.3 is 5.73 Å². The zero-order valence-corrected chi connectivity index (χ0v) is 8.96. The summed E-state index contributed by atoms with van der Waals surface area (Å²) >= 11 is 1.93. The zero-order valence-electron chi connectivity index (χ0n) is 8.14. The van der Waals surface area contributed by atoms with E-state index in [0.29, 0.717) is 0 Å². The van der Waals surface area contributed by atoms with Crippen LogP contribution < -0.4 is 5.73 Å². The molecule has 0 heterocycles. The van der Waals surface area contributed by atoms with Gasteiger partial charge in [0, 0.05) is 5.54 Å². The molecule has 0 aromatic rings. The van der Waals surface area contributed by atoms with Gasteiger partial charge in [-0.25, -0.2) is 0 Å². The Kier molecular flexibility index (Phi) is 4.44. The zero-order chi connectivity index (χ0) is 8.86. The summed E-state index contributed by atoms with van der Waals surface area (Å²) in [4.78, 5) is 0. The summed E-state index contributed by atoms with van der Waals surface area (Å²) in [6.45, 7) is 0. The van der Waals surface area contributed by atoms with Crippen molar-refractivity contribution < 1.29 is 0 Å². The Bertz CT molecular complexity index is 119. The van der Waals surface area contributed by atoms with Gasteiger partial charge in [-0.15, -0.1) is 0 Å². The number of rotatable bonds is 4. The highest BCUT2D eigenvalue weighted by Gasteiger charge is 2.26. The number of hydrogen-bond acceptors (Lipinski definition) is 2. The predicted octanol–water partition coefficient (Wildman–Crippen LogP) is 2.79. The summed E-state index contributed by atoms with van der Waals surface area (Å²) < 4.78 is 0. The van der Waals surface area contributed by atoms with Crippen molar-refractivity contribution in [3.63, 3.8) is 0 Å². The van der Waals surface area contributed by atoms with Crippen LogP contribution in [-0.4, -0.2) is 17.5 Å². The van der Waals surface area contributed by atoms with Gasteiger partial charge in [0.15, 0.2) is 0 Å². The molecule has 0 spiro atoms. The van der Waals surface area contributed by atoms with Crippen LogP contribution in [0.2, 0.25) is 0 Å². The van der Waals surface area contributed by atoms with Crippen LogP contribution in [0.1, 0.15) is 44.9 Å². The van der Waals surface area contributed by atoms with E-state index in [4.69, 9.17) is 5.73 Å². The molecule has 0 aromatic carbocycles. The van der Waals surface area contributed by atoms with E-state index in [1.807, 2.05) is 11.8 Å². The highest BCUT2D eigenvalue weighted by atomic mass is 32.2. The van der Waals surface area contributed by atoms with E-state index in [1.54, 1.807) is 0 Å². The third-order valence-electron chi connectivity index (χ3n) is 2.87. The second-order valence-corrected chi connectivity index (χ2v) is 5.00. The summed E-state index contributed by atoms with van der Waals surface area (Å²) in [5, 5.41) is 0. The van der Waals surface area contributed by atoms with Crippen molar-refractivity contribution in [1.82, 2.24) is 0 Å². The maximum absolute atomic E-state index is 6.29. The fraction of sp³-hybridized carbons (Fsp3) is 1.00. The van der Waals surface area contributed by atoms with Crippen LogP contribution in [0, 0.1) is 0 Å². The molecule has 1 aliphatic carbocycles. The molecule has 0 radical (unpaired) electrons. The van der Waals surface area contributed by atoms with Gasteiger partial charge in [-0.05, 0) is 37.7 Å². The van der Waals surface area contributed by atoms with Gasteiger partial charge in [-0.1, -0.05) is 19.3 Å². The average Bonchev–Trinajstić information content (AvgIpc) is 2.06. The molecule has 0 atom stereocenters. The van der Waals surface area contributed by atoms with E-state index in [0.717, 1.165) is 0 Å². The number of nitrogens with two attached hydrogens (primary N) is 1. The molecule has 0 unspecified atom stereocenters. The maximum atomic E-state index is 6.29. The van der Waals surface area contributed by atoms with Crippen LogP contribution in [0.4, 0.5) is 0 Å². The van der Waals surface area contributed by atoms with E-state index in [9.17, 15) is 0 Å². The second-order valence-electron chi connectivity index (χ2n) is 4.02. The number of thioether (sulfide) groups is 1. The number of hydrogen-bond donors (Lipinski definition) is 1. The van der Waals surface area contributed by atoms with Crippen LogP contribution in [0.5, 0.6) is 0 Å². The lowest BCUT2D eigenvalue weighted by atomic mass is 9.80. The molecule has 0 bridgehead atoms. The Morgan fingerprint density at radius 3 is 2.50 bits per heavy atom. The van der Waals surface area contributed by atoms with Crippen molar-refractivity contribution in [1.29, 1.82) is 0 Å². The molecule has 1 rings (SSSR count). The molecule has 1 fully saturated rings. The van der Waals surface area contributed by atoms with Crippen molar-refractivity contribution in [2.45, 2.75) is 50.5 Å². The highest BCUT2D eigenvalue weighted by molar-refractivity contribution is 7.98. The van der Waals surface area contributed by atoms with Crippen molar-refractivity contribution in [3.05, 3.63) is 0 Å². The molecule has 1 nitrogen and oxygen atoms in total. The molecule has 72 valence electrons. The van der Waals surface area contributed by atoms with Gasteiger partial charge in [0.1, 0.15) is 0 Å². The van der Waals surface area contributed by atoms with Gasteiger partial charge in [0.2, 0.25) is 0 Å². The van der Waals surface area contributed by atoms with Gasteiger partial charge in [0.25, 0.3) is 0 Å². The van der Waals surface area contributed by atoms with E-state index in [1.165, 1.54) is 50.7 Å². The van der Waals surface area contributed by atoms with E-state index >= 15 is 0 Å². The molecule has 0 saturated heterocycles. The Hall–Kier alpha value is 0.310. The van der Waals surface area contributed by atoms with Crippen molar-refractivity contribution >= 4 is 11.8 Å². The summed E-state index contributed by atoms with van der Waals surface area (Å²) in [6.07, 6.45) is 11.4. The van der Waals surface area contributed by atoms with Crippen LogP contribution in [0.3, 0.4) is 0 Å². The van der Waals surface area contributed by atoms with Crippen LogP contribution in [0.25, 0.3) is 0 Å². The molecule has 1 aliphatic rings. The second kappa shape index (κ2) is 5.13. The van der Waals surface area contributed by atoms with Crippen LogP contribution >= 0.6 is 11.8 Å². The van der Waals surface area contributed by atoms with Gasteiger partial charge in [-0.3, -0.25) is 0 Å². The topological polar surface area (TPSA) is 26.0 Å². The van der Waals surface area contributed by atoms with Crippen molar-refractivity contribution in [3.8, 4) is 0 Å². The smallest absolute Gasteiger partial charge is 0.0154 e. The molecule has 2 N–H and O–H groups in total. The first kappa shape index (κ1) is 10.4. The van der Waals surface area contributed by atoms with Gasteiger partial charge in [-0.2, -0.15) is 11.8 Å². The normalized spacial score (nSPS) is 22.5. The lowest BCUT2D eigenvalue weighted by Crippen LogP contribution is -2.41. The summed E-state index contributed by atoms with van der Waals surface area (Å²) in [7, 11) is 0. The maximum Gasteiger partial charge on any atom is 0.0154 e.